The van der Waals surface area contributed by atoms with Gasteiger partial charge in [-0.2, -0.15) is 5.26 Å². The molecule has 4 N–H and O–H groups in total. The smallest absolute Gasteiger partial charge is 0.254 e. The predicted octanol–water partition coefficient (Wildman–Crippen LogP) is 4.03. The summed E-state index contributed by atoms with van der Waals surface area (Å²) in [5.41, 5.74) is 7.26. The number of halogens is 1. The Kier molecular flexibility index (Phi) is 9.48. The summed E-state index contributed by atoms with van der Waals surface area (Å²) in [5, 5.41) is 21.0. The highest BCUT2D eigenvalue weighted by Crippen LogP contribution is 2.31. The van der Waals surface area contributed by atoms with Crippen LogP contribution in [0.4, 0.5) is 15.8 Å². The first-order valence-corrected chi connectivity index (χ1v) is 9.11. The van der Waals surface area contributed by atoms with Crippen LogP contribution in [0.25, 0.3) is 0 Å². The molecule has 2 rings (SSSR count). The second-order valence-electron chi connectivity index (χ2n) is 5.76. The number of rotatable bonds is 8. The number of nitrogens with zero attached hydrogens (tertiary/aromatic N) is 1. The molecule has 0 bridgehead atoms. The number of aliphatic hydroxyl groups excluding tert-OH is 1. The Labute approximate surface area is 164 Å². The van der Waals surface area contributed by atoms with E-state index in [9.17, 15) is 14.4 Å². The fourth-order valence-corrected chi connectivity index (χ4v) is 2.45. The van der Waals surface area contributed by atoms with Gasteiger partial charge in [-0.25, -0.2) is 4.39 Å². The van der Waals surface area contributed by atoms with E-state index in [1.54, 1.807) is 18.2 Å². The van der Waals surface area contributed by atoms with Crippen LogP contribution in [0.5, 0.6) is 5.75 Å². The highest BCUT2D eigenvalue weighted by Gasteiger charge is 2.18. The van der Waals surface area contributed by atoms with Gasteiger partial charge in [0.05, 0.1) is 23.5 Å². The third-order valence-electron chi connectivity index (χ3n) is 3.69. The molecule has 0 atom stereocenters. The number of anilines is 2. The summed E-state index contributed by atoms with van der Waals surface area (Å²) in [6, 6.07) is 9.41. The standard InChI is InChI=1S/C19H20FN3O3.C2H6/c1-12-4-5-15(13(8-12)11-21)23-16-9-14(20)10-17(18(16)19(22)25)26-7-3-2-6-24;1-2/h4-5,8-10,23-24H,2-3,6-7H2,1H3,(H2,22,25);1-2H3. The number of carbonyl (C=O) groups is 1. The molecule has 28 heavy (non-hydrogen) atoms. The van der Waals surface area contributed by atoms with E-state index in [-0.39, 0.29) is 30.2 Å². The normalized spacial score (nSPS) is 9.71. The molecule has 0 saturated carbocycles. The van der Waals surface area contributed by atoms with Crippen molar-refractivity contribution < 1.29 is 19.0 Å². The summed E-state index contributed by atoms with van der Waals surface area (Å²) in [4.78, 5) is 11.9. The molecule has 6 nitrogen and oxygen atoms in total. The van der Waals surface area contributed by atoms with Crippen LogP contribution in [0, 0.1) is 24.1 Å². The van der Waals surface area contributed by atoms with Gasteiger partial charge in [0.2, 0.25) is 0 Å². The molecule has 7 heteroatoms. The summed E-state index contributed by atoms with van der Waals surface area (Å²) >= 11 is 0. The lowest BCUT2D eigenvalue weighted by Gasteiger charge is -2.16. The third-order valence-corrected chi connectivity index (χ3v) is 3.69. The van der Waals surface area contributed by atoms with Gasteiger partial charge < -0.3 is 20.9 Å². The van der Waals surface area contributed by atoms with Crippen LogP contribution < -0.4 is 15.8 Å². The predicted molar refractivity (Wildman–Crippen MR) is 107 cm³/mol. The first-order chi connectivity index (χ1) is 13.5. The maximum atomic E-state index is 14.0. The second-order valence-corrected chi connectivity index (χ2v) is 5.76. The molecule has 0 fully saturated rings. The maximum absolute atomic E-state index is 14.0. The van der Waals surface area contributed by atoms with Crippen molar-refractivity contribution in [3.63, 3.8) is 0 Å². The van der Waals surface area contributed by atoms with E-state index in [4.69, 9.17) is 15.6 Å². The number of hydrogen-bond donors (Lipinski definition) is 3. The molecule has 2 aromatic carbocycles. The average Bonchev–Trinajstić information content (AvgIpc) is 2.67. The number of ether oxygens (including phenoxy) is 1. The molecule has 0 heterocycles. The van der Waals surface area contributed by atoms with E-state index >= 15 is 0 Å². The molecule has 0 spiro atoms. The number of aliphatic hydroxyl groups is 1. The number of nitrogens with two attached hydrogens (primary N) is 1. The number of hydrogen-bond acceptors (Lipinski definition) is 5. The van der Waals surface area contributed by atoms with Gasteiger partial charge in [-0.3, -0.25) is 4.79 Å². The van der Waals surface area contributed by atoms with E-state index in [0.717, 1.165) is 17.7 Å². The zero-order valence-corrected chi connectivity index (χ0v) is 16.4. The molecular weight excluding hydrogens is 361 g/mol. The van der Waals surface area contributed by atoms with Crippen LogP contribution in [-0.4, -0.2) is 24.2 Å². The molecule has 0 aliphatic carbocycles. The number of carbonyl (C=O) groups excluding carboxylic acids is 1. The van der Waals surface area contributed by atoms with Gasteiger partial charge in [0.15, 0.2) is 0 Å². The summed E-state index contributed by atoms with van der Waals surface area (Å²) in [6.45, 7) is 6.07. The summed E-state index contributed by atoms with van der Waals surface area (Å²) in [5.74, 6) is -1.38. The van der Waals surface area contributed by atoms with Gasteiger partial charge in [0.1, 0.15) is 23.2 Å². The van der Waals surface area contributed by atoms with Gasteiger partial charge >= 0.3 is 0 Å². The largest absolute Gasteiger partial charge is 0.493 e. The van der Waals surface area contributed by atoms with Crippen LogP contribution >= 0.6 is 0 Å². The van der Waals surface area contributed by atoms with Crippen molar-refractivity contribution >= 4 is 17.3 Å². The second kappa shape index (κ2) is 11.6. The molecule has 0 aliphatic rings. The maximum Gasteiger partial charge on any atom is 0.254 e. The van der Waals surface area contributed by atoms with Crippen molar-refractivity contribution in [2.75, 3.05) is 18.5 Å². The van der Waals surface area contributed by atoms with Crippen LogP contribution in [0.1, 0.15) is 48.2 Å². The lowest BCUT2D eigenvalue weighted by atomic mass is 10.1. The number of amides is 1. The monoisotopic (exact) mass is 387 g/mol. The highest BCUT2D eigenvalue weighted by atomic mass is 19.1. The lowest BCUT2D eigenvalue weighted by Crippen LogP contribution is -2.16. The topological polar surface area (TPSA) is 108 Å². The van der Waals surface area contributed by atoms with E-state index in [1.165, 1.54) is 0 Å². The Hall–Kier alpha value is -3.11. The number of benzene rings is 2. The minimum Gasteiger partial charge on any atom is -0.493 e. The van der Waals surface area contributed by atoms with Gasteiger partial charge in [0.25, 0.3) is 5.91 Å². The van der Waals surface area contributed by atoms with E-state index in [1.807, 2.05) is 20.8 Å². The van der Waals surface area contributed by atoms with Crippen molar-refractivity contribution in [2.24, 2.45) is 5.73 Å². The van der Waals surface area contributed by atoms with E-state index in [0.29, 0.717) is 24.1 Å². The van der Waals surface area contributed by atoms with E-state index in [2.05, 4.69) is 11.4 Å². The van der Waals surface area contributed by atoms with E-state index < -0.39 is 11.7 Å². The Balaban J connectivity index is 0.00000190. The van der Waals surface area contributed by atoms with Crippen molar-refractivity contribution in [3.8, 4) is 11.8 Å². The summed E-state index contributed by atoms with van der Waals surface area (Å²) in [7, 11) is 0. The molecule has 0 saturated heterocycles. The molecule has 0 radical (unpaired) electrons. The molecule has 150 valence electrons. The molecule has 0 aliphatic heterocycles. The minimum absolute atomic E-state index is 0.000127. The number of aryl methyl sites for hydroxylation is 1. The van der Waals surface area contributed by atoms with Crippen molar-refractivity contribution in [2.45, 2.75) is 33.6 Å². The van der Waals surface area contributed by atoms with Crippen LogP contribution in [0.2, 0.25) is 0 Å². The molecule has 1 amide bonds. The molecular formula is C21H26FN3O3. The summed E-state index contributed by atoms with van der Waals surface area (Å²) in [6.07, 6.45) is 1.08. The van der Waals surface area contributed by atoms with Crippen LogP contribution in [-0.2, 0) is 0 Å². The Morgan fingerprint density at radius 3 is 2.57 bits per heavy atom. The van der Waals surface area contributed by atoms with Crippen molar-refractivity contribution in [1.82, 2.24) is 0 Å². The molecule has 0 aromatic heterocycles. The van der Waals surface area contributed by atoms with Crippen molar-refractivity contribution in [1.29, 1.82) is 5.26 Å². The molecule has 2 aromatic rings. The number of unbranched alkanes of at least 4 members (excludes halogenated alkanes) is 1. The fraction of sp³-hybridized carbons (Fsp3) is 0.333. The highest BCUT2D eigenvalue weighted by molar-refractivity contribution is 6.02. The fourth-order valence-electron chi connectivity index (χ4n) is 2.45. The van der Waals surface area contributed by atoms with Gasteiger partial charge in [-0.15, -0.1) is 0 Å². The van der Waals surface area contributed by atoms with Crippen LogP contribution in [0.3, 0.4) is 0 Å². The van der Waals surface area contributed by atoms with Gasteiger partial charge in [-0.05, 0) is 43.5 Å². The Bertz CT molecular complexity index is 848. The SMILES string of the molecule is CC.Cc1ccc(Nc2cc(F)cc(OCCCCO)c2C(N)=O)c(C#N)c1. The van der Waals surface area contributed by atoms with Crippen molar-refractivity contribution in [3.05, 3.63) is 52.8 Å². The zero-order valence-electron chi connectivity index (χ0n) is 16.4. The first kappa shape index (κ1) is 22.9. The van der Waals surface area contributed by atoms with Crippen LogP contribution in [0.15, 0.2) is 30.3 Å². The zero-order chi connectivity index (χ0) is 21.1. The van der Waals surface area contributed by atoms with Gasteiger partial charge in [0, 0.05) is 12.7 Å². The Morgan fingerprint density at radius 1 is 1.25 bits per heavy atom. The Morgan fingerprint density at radius 2 is 1.96 bits per heavy atom. The minimum atomic E-state index is -0.782. The third kappa shape index (κ3) is 6.25. The number of nitriles is 1. The summed E-state index contributed by atoms with van der Waals surface area (Å²) < 4.78 is 19.5. The quantitative estimate of drug-likeness (QED) is 0.593. The number of primary amides is 1. The first-order valence-electron chi connectivity index (χ1n) is 9.11. The van der Waals surface area contributed by atoms with Gasteiger partial charge in [-0.1, -0.05) is 19.9 Å². The number of nitrogens with one attached hydrogen (secondary N) is 1. The average molecular weight is 387 g/mol. The molecule has 0 unspecified atom stereocenters. The lowest BCUT2D eigenvalue weighted by molar-refractivity contribution is 0.0997.